The van der Waals surface area contributed by atoms with E-state index >= 15 is 0 Å². The van der Waals surface area contributed by atoms with Crippen LogP contribution in [-0.4, -0.2) is 29.8 Å². The van der Waals surface area contributed by atoms with Crippen molar-refractivity contribution in [2.75, 3.05) is 18.4 Å². The molecule has 2 aromatic heterocycles. The molecule has 29 heavy (non-hydrogen) atoms. The Morgan fingerprint density at radius 2 is 1.55 bits per heavy atom. The van der Waals surface area contributed by atoms with E-state index in [1.165, 1.54) is 0 Å². The maximum atomic E-state index is 12.4. The van der Waals surface area contributed by atoms with Crippen molar-refractivity contribution in [2.45, 2.75) is 26.4 Å². The van der Waals surface area contributed by atoms with Gasteiger partial charge in [-0.15, -0.1) is 0 Å². The molecule has 0 unspecified atom stereocenters. The lowest BCUT2D eigenvalue weighted by Gasteiger charge is -2.19. The predicted octanol–water partition coefficient (Wildman–Crippen LogP) is 3.19. The summed E-state index contributed by atoms with van der Waals surface area (Å²) in [5, 5.41) is 5.52. The van der Waals surface area contributed by atoms with Crippen molar-refractivity contribution in [1.29, 1.82) is 0 Å². The summed E-state index contributed by atoms with van der Waals surface area (Å²) in [6.45, 7) is 2.96. The van der Waals surface area contributed by atoms with E-state index in [0.29, 0.717) is 13.1 Å². The zero-order valence-electron chi connectivity index (χ0n) is 16.4. The molecule has 0 saturated heterocycles. The summed E-state index contributed by atoms with van der Waals surface area (Å²) >= 11 is 0. The first kappa shape index (κ1) is 20.4. The third-order valence-electron chi connectivity index (χ3n) is 4.40. The Hall–Kier alpha value is -3.32. The summed E-state index contributed by atoms with van der Waals surface area (Å²) < 4.78 is 10.8. The van der Waals surface area contributed by atoms with Crippen molar-refractivity contribution < 1.29 is 18.4 Å². The third kappa shape index (κ3) is 6.36. The highest BCUT2D eigenvalue weighted by Crippen LogP contribution is 2.15. The zero-order valence-corrected chi connectivity index (χ0v) is 16.4. The molecule has 0 spiro atoms. The summed E-state index contributed by atoms with van der Waals surface area (Å²) in [7, 11) is 0. The molecule has 7 nitrogen and oxygen atoms in total. The second-order valence-electron chi connectivity index (χ2n) is 6.64. The molecule has 0 radical (unpaired) electrons. The second-order valence-corrected chi connectivity index (χ2v) is 6.64. The molecule has 0 aliphatic heterocycles. The average Bonchev–Trinajstić information content (AvgIpc) is 3.41. The van der Waals surface area contributed by atoms with Crippen LogP contribution in [0, 0.1) is 0 Å². The number of carbonyl (C=O) groups is 2. The normalized spacial score (nSPS) is 10.8. The van der Waals surface area contributed by atoms with E-state index in [1.54, 1.807) is 24.7 Å². The first-order valence-electron chi connectivity index (χ1n) is 9.55. The van der Waals surface area contributed by atoms with Crippen molar-refractivity contribution in [1.82, 2.24) is 10.2 Å². The molecular formula is C22H25N3O4. The number of rotatable bonds is 10. The summed E-state index contributed by atoms with van der Waals surface area (Å²) in [5.41, 5.74) is 1.82. The Labute approximate surface area is 169 Å². The van der Waals surface area contributed by atoms with Gasteiger partial charge in [0.05, 0.1) is 38.7 Å². The Bertz CT molecular complexity index is 868. The number of carbonyl (C=O) groups excluding carboxylic acids is 2. The van der Waals surface area contributed by atoms with Crippen LogP contribution < -0.4 is 10.6 Å². The summed E-state index contributed by atoms with van der Waals surface area (Å²) in [5.74, 6) is 0.987. The van der Waals surface area contributed by atoms with Gasteiger partial charge >= 0.3 is 0 Å². The predicted molar refractivity (Wildman–Crippen MR) is 109 cm³/mol. The molecule has 2 amide bonds. The molecule has 0 aliphatic carbocycles. The number of benzene rings is 1. The molecule has 0 saturated carbocycles. The summed E-state index contributed by atoms with van der Waals surface area (Å²) in [6, 6.07) is 14.9. The topological polar surface area (TPSA) is 87.7 Å². The second kappa shape index (κ2) is 10.3. The smallest absolute Gasteiger partial charge is 0.243 e. The number of amides is 2. The van der Waals surface area contributed by atoms with E-state index in [0.717, 1.165) is 29.2 Å². The van der Waals surface area contributed by atoms with E-state index in [1.807, 2.05) is 48.2 Å². The van der Waals surface area contributed by atoms with E-state index in [4.69, 9.17) is 8.83 Å². The lowest BCUT2D eigenvalue weighted by Crippen LogP contribution is -2.40. The van der Waals surface area contributed by atoms with E-state index < -0.39 is 0 Å². The van der Waals surface area contributed by atoms with Crippen LogP contribution in [-0.2, 0) is 29.1 Å². The first-order valence-corrected chi connectivity index (χ1v) is 9.55. The molecule has 0 aliphatic rings. The van der Waals surface area contributed by atoms with Crippen molar-refractivity contribution in [3.63, 3.8) is 0 Å². The first-order chi connectivity index (χ1) is 14.1. The highest BCUT2D eigenvalue weighted by atomic mass is 16.3. The number of para-hydroxylation sites is 1. The van der Waals surface area contributed by atoms with E-state index in [-0.39, 0.29) is 24.9 Å². The largest absolute Gasteiger partial charge is 0.468 e. The molecular weight excluding hydrogens is 370 g/mol. The molecule has 3 aromatic rings. The molecule has 152 valence electrons. The number of anilines is 1. The zero-order chi connectivity index (χ0) is 20.5. The van der Waals surface area contributed by atoms with Gasteiger partial charge in [0.25, 0.3) is 0 Å². The molecule has 0 fully saturated rings. The van der Waals surface area contributed by atoms with Crippen LogP contribution in [0.1, 0.15) is 24.0 Å². The fourth-order valence-corrected chi connectivity index (χ4v) is 3.00. The van der Waals surface area contributed by atoms with Crippen LogP contribution in [0.5, 0.6) is 0 Å². The van der Waals surface area contributed by atoms with Crippen molar-refractivity contribution >= 4 is 17.5 Å². The van der Waals surface area contributed by atoms with Crippen LogP contribution in [0.2, 0.25) is 0 Å². The number of hydrogen-bond acceptors (Lipinski definition) is 5. The van der Waals surface area contributed by atoms with Gasteiger partial charge in [0.1, 0.15) is 11.5 Å². The highest BCUT2D eigenvalue weighted by Gasteiger charge is 2.15. The van der Waals surface area contributed by atoms with Crippen LogP contribution in [0.3, 0.4) is 0 Å². The molecule has 1 aromatic carbocycles. The molecule has 0 atom stereocenters. The van der Waals surface area contributed by atoms with Crippen LogP contribution in [0.15, 0.2) is 69.9 Å². The van der Waals surface area contributed by atoms with Crippen LogP contribution in [0.4, 0.5) is 5.69 Å². The quantitative estimate of drug-likeness (QED) is 0.550. The van der Waals surface area contributed by atoms with Crippen LogP contribution >= 0.6 is 0 Å². The Balaban J connectivity index is 1.51. The fraction of sp³-hybridized carbons (Fsp3) is 0.273. The lowest BCUT2D eigenvalue weighted by atomic mass is 10.1. The Morgan fingerprint density at radius 3 is 2.14 bits per heavy atom. The number of hydrogen-bond donors (Lipinski definition) is 2. The van der Waals surface area contributed by atoms with E-state index in [2.05, 4.69) is 10.6 Å². The number of nitrogens with one attached hydrogen (secondary N) is 2. The van der Waals surface area contributed by atoms with Crippen LogP contribution in [0.25, 0.3) is 0 Å². The van der Waals surface area contributed by atoms with Gasteiger partial charge in [-0.3, -0.25) is 14.5 Å². The average molecular weight is 395 g/mol. The minimum absolute atomic E-state index is 0.0910. The van der Waals surface area contributed by atoms with Gasteiger partial charge in [-0.1, -0.05) is 25.1 Å². The van der Waals surface area contributed by atoms with Crippen molar-refractivity contribution in [3.05, 3.63) is 78.1 Å². The molecule has 2 heterocycles. The Morgan fingerprint density at radius 1 is 0.897 bits per heavy atom. The maximum absolute atomic E-state index is 12.4. The van der Waals surface area contributed by atoms with Gasteiger partial charge in [-0.25, -0.2) is 0 Å². The molecule has 0 bridgehead atoms. The summed E-state index contributed by atoms with van der Waals surface area (Å²) in [6.07, 6.45) is 4.01. The van der Waals surface area contributed by atoms with Crippen molar-refractivity contribution in [2.24, 2.45) is 0 Å². The number of nitrogens with zero attached hydrogens (tertiary/aromatic N) is 1. The van der Waals surface area contributed by atoms with Crippen molar-refractivity contribution in [3.8, 4) is 0 Å². The van der Waals surface area contributed by atoms with Gasteiger partial charge in [-0.2, -0.15) is 0 Å². The third-order valence-corrected chi connectivity index (χ3v) is 4.40. The Kier molecular flexibility index (Phi) is 7.24. The number of furan rings is 2. The van der Waals surface area contributed by atoms with Gasteiger partial charge in [0.2, 0.25) is 11.8 Å². The molecule has 2 N–H and O–H groups in total. The minimum Gasteiger partial charge on any atom is -0.468 e. The standard InChI is InChI=1S/C22H25N3O4/c1-2-17-7-3-4-10-20(17)24-21(26)13-23-22(27)16-25(14-18-8-5-11-28-18)15-19-9-6-12-29-19/h3-12H,2,13-16H2,1H3,(H,23,27)(H,24,26). The van der Waals surface area contributed by atoms with Gasteiger partial charge in [-0.05, 0) is 42.3 Å². The molecule has 3 rings (SSSR count). The van der Waals surface area contributed by atoms with Gasteiger partial charge < -0.3 is 19.5 Å². The summed E-state index contributed by atoms with van der Waals surface area (Å²) in [4.78, 5) is 26.5. The molecule has 7 heteroatoms. The lowest BCUT2D eigenvalue weighted by molar-refractivity contribution is -0.125. The van der Waals surface area contributed by atoms with E-state index in [9.17, 15) is 9.59 Å². The highest BCUT2D eigenvalue weighted by molar-refractivity contribution is 5.95. The van der Waals surface area contributed by atoms with Gasteiger partial charge in [0.15, 0.2) is 0 Å². The minimum atomic E-state index is -0.261. The maximum Gasteiger partial charge on any atom is 0.243 e. The fourth-order valence-electron chi connectivity index (χ4n) is 3.00. The van der Waals surface area contributed by atoms with Gasteiger partial charge in [0, 0.05) is 5.69 Å². The SMILES string of the molecule is CCc1ccccc1NC(=O)CNC(=O)CN(Cc1ccco1)Cc1ccco1. The number of aryl methyl sites for hydroxylation is 1. The monoisotopic (exact) mass is 395 g/mol.